The Morgan fingerprint density at radius 3 is 2.29 bits per heavy atom. The van der Waals surface area contributed by atoms with Crippen LogP contribution in [0, 0.1) is 0 Å². The lowest BCUT2D eigenvalue weighted by atomic mass is 10.1. The second-order valence-corrected chi connectivity index (χ2v) is 5.36. The summed E-state index contributed by atoms with van der Waals surface area (Å²) in [4.78, 5) is 0. The SMILES string of the molecule is NCc1cc(C(F)(F)F)ccc1OCc1ccc(Br)cc1. The van der Waals surface area contributed by atoms with Crippen molar-refractivity contribution in [3.63, 3.8) is 0 Å². The molecule has 0 spiro atoms. The van der Waals surface area contributed by atoms with Crippen molar-refractivity contribution < 1.29 is 17.9 Å². The zero-order chi connectivity index (χ0) is 15.5. The Balaban J connectivity index is 2.14. The molecule has 2 N–H and O–H groups in total. The van der Waals surface area contributed by atoms with Gasteiger partial charge < -0.3 is 10.5 Å². The fourth-order valence-electron chi connectivity index (χ4n) is 1.80. The molecule has 0 aliphatic heterocycles. The molecule has 0 atom stereocenters. The van der Waals surface area contributed by atoms with Gasteiger partial charge in [0.05, 0.1) is 5.56 Å². The molecule has 6 heteroatoms. The molecule has 2 aromatic rings. The summed E-state index contributed by atoms with van der Waals surface area (Å²) in [5.41, 5.74) is 6.03. The summed E-state index contributed by atoms with van der Waals surface area (Å²) in [6, 6.07) is 10.8. The summed E-state index contributed by atoms with van der Waals surface area (Å²) in [5, 5.41) is 0. The van der Waals surface area contributed by atoms with Crippen molar-refractivity contribution in [1.29, 1.82) is 0 Å². The van der Waals surface area contributed by atoms with Crippen molar-refractivity contribution in [2.45, 2.75) is 19.3 Å². The topological polar surface area (TPSA) is 35.2 Å². The fraction of sp³-hybridized carbons (Fsp3) is 0.200. The van der Waals surface area contributed by atoms with Crippen molar-refractivity contribution in [2.24, 2.45) is 5.73 Å². The Morgan fingerprint density at radius 1 is 1.05 bits per heavy atom. The first-order chi connectivity index (χ1) is 9.90. The molecule has 0 amide bonds. The molecule has 2 nitrogen and oxygen atoms in total. The number of alkyl halides is 3. The highest BCUT2D eigenvalue weighted by Gasteiger charge is 2.31. The predicted octanol–water partition coefficient (Wildman–Crippen LogP) is 4.51. The average molecular weight is 360 g/mol. The zero-order valence-electron chi connectivity index (χ0n) is 11.0. The quantitative estimate of drug-likeness (QED) is 0.871. The maximum Gasteiger partial charge on any atom is 0.416 e. The fourth-order valence-corrected chi connectivity index (χ4v) is 2.06. The molecule has 21 heavy (non-hydrogen) atoms. The smallest absolute Gasteiger partial charge is 0.416 e. The van der Waals surface area contributed by atoms with Crippen LogP contribution in [0.1, 0.15) is 16.7 Å². The molecule has 0 fully saturated rings. The van der Waals surface area contributed by atoms with Gasteiger partial charge in [-0.2, -0.15) is 13.2 Å². The van der Waals surface area contributed by atoms with Crippen LogP contribution in [0.25, 0.3) is 0 Å². The van der Waals surface area contributed by atoms with Crippen LogP contribution in [0.2, 0.25) is 0 Å². The number of ether oxygens (including phenoxy) is 1. The molecule has 112 valence electrons. The van der Waals surface area contributed by atoms with E-state index in [1.807, 2.05) is 24.3 Å². The van der Waals surface area contributed by atoms with Gasteiger partial charge in [-0.15, -0.1) is 0 Å². The number of nitrogens with two attached hydrogens (primary N) is 1. The third-order valence-electron chi connectivity index (χ3n) is 2.92. The van der Waals surface area contributed by atoms with Gasteiger partial charge in [-0.25, -0.2) is 0 Å². The van der Waals surface area contributed by atoms with E-state index >= 15 is 0 Å². The molecule has 0 aromatic heterocycles. The van der Waals surface area contributed by atoms with E-state index in [0.29, 0.717) is 11.3 Å². The zero-order valence-corrected chi connectivity index (χ0v) is 12.5. The van der Waals surface area contributed by atoms with Gasteiger partial charge in [0.1, 0.15) is 12.4 Å². The summed E-state index contributed by atoms with van der Waals surface area (Å²) in [5.74, 6) is 0.369. The number of rotatable bonds is 4. The van der Waals surface area contributed by atoms with E-state index in [2.05, 4.69) is 15.9 Å². The van der Waals surface area contributed by atoms with Gasteiger partial charge in [0, 0.05) is 16.6 Å². The van der Waals surface area contributed by atoms with Crippen molar-refractivity contribution in [2.75, 3.05) is 0 Å². The van der Waals surface area contributed by atoms with E-state index in [0.717, 1.165) is 22.2 Å². The molecule has 0 saturated carbocycles. The van der Waals surface area contributed by atoms with E-state index in [1.54, 1.807) is 0 Å². The third-order valence-corrected chi connectivity index (χ3v) is 3.44. The van der Waals surface area contributed by atoms with Gasteiger partial charge in [0.25, 0.3) is 0 Å². The molecular formula is C15H13BrF3NO. The largest absolute Gasteiger partial charge is 0.489 e. The first kappa shape index (κ1) is 15.9. The first-order valence-electron chi connectivity index (χ1n) is 6.17. The van der Waals surface area contributed by atoms with E-state index in [4.69, 9.17) is 10.5 Å². The minimum Gasteiger partial charge on any atom is -0.489 e. The van der Waals surface area contributed by atoms with Crippen molar-refractivity contribution in [1.82, 2.24) is 0 Å². The number of hydrogen-bond acceptors (Lipinski definition) is 2. The van der Waals surface area contributed by atoms with Gasteiger partial charge >= 0.3 is 6.18 Å². The second kappa shape index (κ2) is 6.49. The van der Waals surface area contributed by atoms with Crippen LogP contribution in [0.3, 0.4) is 0 Å². The molecule has 0 radical (unpaired) electrons. The molecule has 0 unspecified atom stereocenters. The number of benzene rings is 2. The first-order valence-corrected chi connectivity index (χ1v) is 6.97. The molecule has 0 aliphatic carbocycles. The molecule has 2 aromatic carbocycles. The average Bonchev–Trinajstić information content (AvgIpc) is 2.45. The van der Waals surface area contributed by atoms with Gasteiger partial charge in [0.15, 0.2) is 0 Å². The molecule has 2 rings (SSSR count). The summed E-state index contributed by atoms with van der Waals surface area (Å²) in [6.07, 6.45) is -4.38. The van der Waals surface area contributed by atoms with Crippen LogP contribution in [0.4, 0.5) is 13.2 Å². The van der Waals surface area contributed by atoms with Gasteiger partial charge in [-0.05, 0) is 35.9 Å². The molecule has 0 bridgehead atoms. The number of hydrogen-bond donors (Lipinski definition) is 1. The minimum absolute atomic E-state index is 0.0143. The van der Waals surface area contributed by atoms with Crippen molar-refractivity contribution in [3.8, 4) is 5.75 Å². The summed E-state index contributed by atoms with van der Waals surface area (Å²) in [6.45, 7) is 0.255. The van der Waals surface area contributed by atoms with Gasteiger partial charge in [0.2, 0.25) is 0 Å². The second-order valence-electron chi connectivity index (χ2n) is 4.44. The minimum atomic E-state index is -4.38. The van der Waals surface area contributed by atoms with E-state index in [9.17, 15) is 13.2 Å². The van der Waals surface area contributed by atoms with Crippen LogP contribution in [-0.4, -0.2) is 0 Å². The van der Waals surface area contributed by atoms with Gasteiger partial charge in [-0.1, -0.05) is 28.1 Å². The van der Waals surface area contributed by atoms with Crippen LogP contribution in [0.5, 0.6) is 5.75 Å². The third kappa shape index (κ3) is 4.22. The lowest BCUT2D eigenvalue weighted by Crippen LogP contribution is -2.09. The lowest BCUT2D eigenvalue weighted by Gasteiger charge is -2.13. The van der Waals surface area contributed by atoms with Gasteiger partial charge in [-0.3, -0.25) is 0 Å². The summed E-state index contributed by atoms with van der Waals surface area (Å²) < 4.78 is 44.4. The molecule has 0 heterocycles. The van der Waals surface area contributed by atoms with Crippen LogP contribution < -0.4 is 10.5 Å². The van der Waals surface area contributed by atoms with Crippen molar-refractivity contribution >= 4 is 15.9 Å². The van der Waals surface area contributed by atoms with Crippen LogP contribution in [-0.2, 0) is 19.3 Å². The highest BCUT2D eigenvalue weighted by atomic mass is 79.9. The molecule has 0 aliphatic rings. The van der Waals surface area contributed by atoms with Crippen LogP contribution in [0.15, 0.2) is 46.9 Å². The summed E-state index contributed by atoms with van der Waals surface area (Å²) >= 11 is 3.33. The van der Waals surface area contributed by atoms with E-state index in [1.165, 1.54) is 6.07 Å². The Morgan fingerprint density at radius 2 is 1.71 bits per heavy atom. The Bertz CT molecular complexity index is 611. The monoisotopic (exact) mass is 359 g/mol. The standard InChI is InChI=1S/C15H13BrF3NO/c16-13-4-1-10(2-5-13)9-21-14-6-3-12(15(17,18)19)7-11(14)8-20/h1-7H,8-9,20H2. The lowest BCUT2D eigenvalue weighted by molar-refractivity contribution is -0.137. The molecular weight excluding hydrogens is 347 g/mol. The van der Waals surface area contributed by atoms with E-state index < -0.39 is 11.7 Å². The maximum atomic E-state index is 12.6. The highest BCUT2D eigenvalue weighted by Crippen LogP contribution is 2.32. The Hall–Kier alpha value is -1.53. The van der Waals surface area contributed by atoms with E-state index in [-0.39, 0.29) is 13.2 Å². The highest BCUT2D eigenvalue weighted by molar-refractivity contribution is 9.10. The van der Waals surface area contributed by atoms with Crippen LogP contribution >= 0.6 is 15.9 Å². The summed E-state index contributed by atoms with van der Waals surface area (Å²) in [7, 11) is 0. The maximum absolute atomic E-state index is 12.6. The number of halogens is 4. The Labute approximate surface area is 128 Å². The molecule has 0 saturated heterocycles. The normalized spacial score (nSPS) is 11.5. The predicted molar refractivity (Wildman–Crippen MR) is 77.8 cm³/mol. The Kier molecular flexibility index (Phi) is 4.90. The van der Waals surface area contributed by atoms with Crippen molar-refractivity contribution in [3.05, 3.63) is 63.6 Å².